The van der Waals surface area contributed by atoms with Gasteiger partial charge in [0, 0.05) is 36.7 Å². The van der Waals surface area contributed by atoms with Gasteiger partial charge in [-0.1, -0.05) is 15.9 Å². The lowest BCUT2D eigenvalue weighted by atomic mass is 10.2. The molecule has 0 saturated carbocycles. The fourth-order valence-corrected chi connectivity index (χ4v) is 2.87. The van der Waals surface area contributed by atoms with E-state index in [9.17, 15) is 4.79 Å². The van der Waals surface area contributed by atoms with Crippen LogP contribution in [0.3, 0.4) is 0 Å². The fraction of sp³-hybridized carbons (Fsp3) is 0.462. The predicted octanol–water partition coefficient (Wildman–Crippen LogP) is 2.34. The maximum Gasteiger partial charge on any atom is 0.415 e. The number of amides is 1. The molecule has 0 aliphatic carbocycles. The van der Waals surface area contributed by atoms with E-state index < -0.39 is 0 Å². The number of carbonyl (C=O) groups is 1. The molecule has 2 bridgehead atoms. The highest BCUT2D eigenvalue weighted by Gasteiger charge is 2.35. The van der Waals surface area contributed by atoms with Gasteiger partial charge in [-0.25, -0.2) is 4.79 Å². The number of hydrogen-bond donors (Lipinski definition) is 0. The van der Waals surface area contributed by atoms with Gasteiger partial charge in [-0.05, 0) is 30.7 Å². The van der Waals surface area contributed by atoms with E-state index in [-0.39, 0.29) is 6.09 Å². The summed E-state index contributed by atoms with van der Waals surface area (Å²) < 4.78 is 6.39. The van der Waals surface area contributed by atoms with Crippen molar-refractivity contribution in [1.29, 1.82) is 0 Å². The molecule has 0 radical (unpaired) electrons. The Labute approximate surface area is 115 Å². The molecular formula is C13H15BrN2O2. The molecule has 3 rings (SSSR count). The van der Waals surface area contributed by atoms with Gasteiger partial charge in [-0.3, -0.25) is 4.90 Å². The number of rotatable bonds is 1. The second-order valence-corrected chi connectivity index (χ2v) is 5.67. The van der Waals surface area contributed by atoms with Gasteiger partial charge in [0.1, 0.15) is 5.75 Å². The Morgan fingerprint density at radius 2 is 2.00 bits per heavy atom. The van der Waals surface area contributed by atoms with E-state index in [0.29, 0.717) is 11.8 Å². The van der Waals surface area contributed by atoms with Gasteiger partial charge < -0.3 is 9.64 Å². The standard InChI is InChI=1S/C13H15BrN2O2/c14-10-1-3-12(4-2-10)18-13(17)16-8-7-15-6-5-11(16)9-15/h1-4,11H,5-9H2. The molecule has 18 heavy (non-hydrogen) atoms. The molecule has 1 amide bonds. The van der Waals surface area contributed by atoms with E-state index in [1.807, 2.05) is 17.0 Å². The molecule has 2 heterocycles. The van der Waals surface area contributed by atoms with Crippen molar-refractivity contribution < 1.29 is 9.53 Å². The van der Waals surface area contributed by atoms with E-state index in [1.54, 1.807) is 12.1 Å². The fourth-order valence-electron chi connectivity index (χ4n) is 2.60. The van der Waals surface area contributed by atoms with Crippen LogP contribution < -0.4 is 4.74 Å². The third-order valence-corrected chi connectivity index (χ3v) is 4.13. The SMILES string of the molecule is O=C(Oc1ccc(Br)cc1)N1CCN2CCC1C2. The summed E-state index contributed by atoms with van der Waals surface area (Å²) in [5.74, 6) is 0.601. The summed E-state index contributed by atoms with van der Waals surface area (Å²) in [5.41, 5.74) is 0. The first-order valence-corrected chi connectivity index (χ1v) is 6.98. The maximum absolute atomic E-state index is 12.1. The third-order valence-electron chi connectivity index (χ3n) is 3.60. The molecule has 0 aromatic heterocycles. The molecule has 1 aromatic carbocycles. The van der Waals surface area contributed by atoms with Crippen LogP contribution in [0.5, 0.6) is 5.75 Å². The average molecular weight is 311 g/mol. The van der Waals surface area contributed by atoms with Crippen molar-refractivity contribution in [2.24, 2.45) is 0 Å². The molecule has 2 aliphatic heterocycles. The summed E-state index contributed by atoms with van der Waals surface area (Å²) in [4.78, 5) is 16.4. The molecule has 2 atom stereocenters. The van der Waals surface area contributed by atoms with Crippen LogP contribution >= 0.6 is 15.9 Å². The van der Waals surface area contributed by atoms with Crippen LogP contribution in [0.2, 0.25) is 0 Å². The zero-order chi connectivity index (χ0) is 12.5. The Bertz CT molecular complexity index is 449. The first-order chi connectivity index (χ1) is 8.72. The second kappa shape index (κ2) is 4.90. The van der Waals surface area contributed by atoms with Gasteiger partial charge >= 0.3 is 6.09 Å². The highest BCUT2D eigenvalue weighted by Crippen LogP contribution is 2.22. The largest absolute Gasteiger partial charge is 0.415 e. The Morgan fingerprint density at radius 3 is 2.78 bits per heavy atom. The molecule has 5 heteroatoms. The van der Waals surface area contributed by atoms with Crippen LogP contribution in [-0.4, -0.2) is 48.1 Å². The van der Waals surface area contributed by atoms with Crippen molar-refractivity contribution in [2.75, 3.05) is 26.2 Å². The summed E-state index contributed by atoms with van der Waals surface area (Å²) in [6, 6.07) is 7.67. The third kappa shape index (κ3) is 2.37. The Morgan fingerprint density at radius 1 is 1.22 bits per heavy atom. The highest BCUT2D eigenvalue weighted by atomic mass is 79.9. The smallest absolute Gasteiger partial charge is 0.410 e. The van der Waals surface area contributed by atoms with E-state index in [2.05, 4.69) is 20.8 Å². The normalized spacial score (nSPS) is 26.2. The number of nitrogens with zero attached hydrogens (tertiary/aromatic N) is 2. The van der Waals surface area contributed by atoms with Gasteiger partial charge in [-0.2, -0.15) is 0 Å². The minimum atomic E-state index is -0.219. The Balaban J connectivity index is 1.66. The first kappa shape index (κ1) is 12.0. The van der Waals surface area contributed by atoms with Crippen LogP contribution in [0, 0.1) is 0 Å². The van der Waals surface area contributed by atoms with Crippen molar-refractivity contribution in [2.45, 2.75) is 12.5 Å². The molecule has 2 fully saturated rings. The molecule has 2 unspecified atom stereocenters. The minimum absolute atomic E-state index is 0.219. The summed E-state index contributed by atoms with van der Waals surface area (Å²) in [5, 5.41) is 0. The minimum Gasteiger partial charge on any atom is -0.410 e. The van der Waals surface area contributed by atoms with Gasteiger partial charge in [0.05, 0.1) is 0 Å². The van der Waals surface area contributed by atoms with Crippen molar-refractivity contribution in [3.63, 3.8) is 0 Å². The van der Waals surface area contributed by atoms with Crippen LogP contribution in [0.15, 0.2) is 28.7 Å². The Kier molecular flexibility index (Phi) is 3.26. The quantitative estimate of drug-likeness (QED) is 0.798. The Hall–Kier alpha value is -1.07. The van der Waals surface area contributed by atoms with E-state index in [1.165, 1.54) is 0 Å². The van der Waals surface area contributed by atoms with Gasteiger partial charge in [0.2, 0.25) is 0 Å². The number of ether oxygens (including phenoxy) is 1. The van der Waals surface area contributed by atoms with E-state index >= 15 is 0 Å². The maximum atomic E-state index is 12.1. The number of carbonyl (C=O) groups excluding carboxylic acids is 1. The first-order valence-electron chi connectivity index (χ1n) is 6.19. The number of benzene rings is 1. The number of fused-ring (bicyclic) bond motifs is 2. The lowest BCUT2D eigenvalue weighted by molar-refractivity contribution is 0.109. The van der Waals surface area contributed by atoms with E-state index in [4.69, 9.17) is 4.74 Å². The average Bonchev–Trinajstić information content (AvgIpc) is 2.74. The van der Waals surface area contributed by atoms with Crippen LogP contribution in [0.25, 0.3) is 0 Å². The molecule has 0 N–H and O–H groups in total. The van der Waals surface area contributed by atoms with Crippen LogP contribution in [0.1, 0.15) is 6.42 Å². The zero-order valence-electron chi connectivity index (χ0n) is 10.0. The monoisotopic (exact) mass is 310 g/mol. The lowest BCUT2D eigenvalue weighted by Gasteiger charge is -2.33. The topological polar surface area (TPSA) is 32.8 Å². The number of piperazine rings is 1. The van der Waals surface area contributed by atoms with Crippen LogP contribution in [0.4, 0.5) is 4.79 Å². The zero-order valence-corrected chi connectivity index (χ0v) is 11.6. The summed E-state index contributed by atoms with van der Waals surface area (Å²) >= 11 is 3.36. The van der Waals surface area contributed by atoms with Gasteiger partial charge in [-0.15, -0.1) is 0 Å². The van der Waals surface area contributed by atoms with E-state index in [0.717, 1.165) is 37.1 Å². The summed E-state index contributed by atoms with van der Waals surface area (Å²) in [6.45, 7) is 3.84. The molecule has 0 spiro atoms. The number of hydrogen-bond acceptors (Lipinski definition) is 3. The molecule has 96 valence electrons. The molecular weight excluding hydrogens is 296 g/mol. The summed E-state index contributed by atoms with van der Waals surface area (Å²) in [6.07, 6.45) is 0.846. The van der Waals surface area contributed by atoms with Gasteiger partial charge in [0.25, 0.3) is 0 Å². The molecule has 1 aromatic rings. The van der Waals surface area contributed by atoms with Crippen molar-refractivity contribution in [1.82, 2.24) is 9.80 Å². The van der Waals surface area contributed by atoms with Crippen molar-refractivity contribution in [3.8, 4) is 5.75 Å². The lowest BCUT2D eigenvalue weighted by Crippen LogP contribution is -2.50. The molecule has 4 nitrogen and oxygen atoms in total. The predicted molar refractivity (Wildman–Crippen MR) is 71.7 cm³/mol. The number of halogens is 1. The van der Waals surface area contributed by atoms with Gasteiger partial charge in [0.15, 0.2) is 0 Å². The summed E-state index contributed by atoms with van der Waals surface area (Å²) in [7, 11) is 0. The van der Waals surface area contributed by atoms with Crippen molar-refractivity contribution >= 4 is 22.0 Å². The van der Waals surface area contributed by atoms with Crippen LogP contribution in [-0.2, 0) is 0 Å². The molecule has 2 aliphatic rings. The van der Waals surface area contributed by atoms with Crippen molar-refractivity contribution in [3.05, 3.63) is 28.7 Å². The second-order valence-electron chi connectivity index (χ2n) is 4.76. The highest BCUT2D eigenvalue weighted by molar-refractivity contribution is 9.10. The molecule has 2 saturated heterocycles.